The molecule has 4 unspecified atom stereocenters. The van der Waals surface area contributed by atoms with Crippen LogP contribution in [0.15, 0.2) is 0 Å². The van der Waals surface area contributed by atoms with Gasteiger partial charge in [-0.2, -0.15) is 0 Å². The van der Waals surface area contributed by atoms with Gasteiger partial charge in [-0.1, -0.05) is 105 Å². The Bertz CT molecular complexity index is 214. The van der Waals surface area contributed by atoms with Gasteiger partial charge in [-0.15, -0.1) is 9.24 Å². The van der Waals surface area contributed by atoms with Crippen LogP contribution < -0.4 is 0 Å². The molecule has 0 bridgehead atoms. The molecule has 0 rings (SSSR count). The normalized spacial score (nSPS) is 15.7. The maximum absolute atomic E-state index is 3.24. The molecule has 0 aromatic rings. The highest BCUT2D eigenvalue weighted by Crippen LogP contribution is 2.35. The molecular weight excluding hydrogens is 283 g/mol. The second kappa shape index (κ2) is 16.3. The molecule has 0 aliphatic heterocycles. The predicted molar refractivity (Wildman–Crippen MR) is 108 cm³/mol. The lowest BCUT2D eigenvalue weighted by Gasteiger charge is -2.32. The van der Waals surface area contributed by atoms with Crippen LogP contribution in [0.3, 0.4) is 0 Å². The first-order valence-electron chi connectivity index (χ1n) is 10.5. The van der Waals surface area contributed by atoms with Crippen LogP contribution in [-0.4, -0.2) is 5.66 Å². The molecule has 0 aliphatic carbocycles. The third kappa shape index (κ3) is 11.0. The molecule has 0 aromatic heterocycles. The standard InChI is InChI=1S/C21H45P/c1-5-9-12-13-15-18-21(22)20(17-14-10-6-2)19(8-4)16-11-7-3/h19-21H,5-18,22H2,1-4H3. The lowest BCUT2D eigenvalue weighted by Crippen LogP contribution is -2.24. The summed E-state index contributed by atoms with van der Waals surface area (Å²) in [5, 5.41) is 0. The second-order valence-electron chi connectivity index (χ2n) is 7.34. The largest absolute Gasteiger partial charge is 0.134 e. The Morgan fingerprint density at radius 3 is 1.73 bits per heavy atom. The van der Waals surface area contributed by atoms with Gasteiger partial charge >= 0.3 is 0 Å². The average Bonchev–Trinajstić information content (AvgIpc) is 2.53. The monoisotopic (exact) mass is 328 g/mol. The molecule has 0 amide bonds. The highest BCUT2D eigenvalue weighted by Gasteiger charge is 2.24. The predicted octanol–water partition coefficient (Wildman–Crippen LogP) is 8.00. The van der Waals surface area contributed by atoms with E-state index in [0.717, 1.165) is 17.5 Å². The summed E-state index contributed by atoms with van der Waals surface area (Å²) in [4.78, 5) is 0. The molecule has 0 aromatic carbocycles. The smallest absolute Gasteiger partial charge is 0.0233 e. The molecule has 0 saturated carbocycles. The first-order chi connectivity index (χ1) is 10.7. The molecule has 22 heavy (non-hydrogen) atoms. The Labute approximate surface area is 144 Å². The second-order valence-corrected chi connectivity index (χ2v) is 8.19. The Kier molecular flexibility index (Phi) is 16.6. The van der Waals surface area contributed by atoms with Gasteiger partial charge in [0.15, 0.2) is 0 Å². The van der Waals surface area contributed by atoms with E-state index in [4.69, 9.17) is 0 Å². The van der Waals surface area contributed by atoms with Crippen molar-refractivity contribution in [1.29, 1.82) is 0 Å². The molecular formula is C21H45P. The lowest BCUT2D eigenvalue weighted by molar-refractivity contribution is 0.258. The van der Waals surface area contributed by atoms with Crippen LogP contribution in [-0.2, 0) is 0 Å². The van der Waals surface area contributed by atoms with E-state index in [1.807, 2.05) is 0 Å². The van der Waals surface area contributed by atoms with E-state index in [9.17, 15) is 0 Å². The van der Waals surface area contributed by atoms with E-state index in [1.54, 1.807) is 0 Å². The molecule has 0 spiro atoms. The van der Waals surface area contributed by atoms with Crippen LogP contribution in [0.2, 0.25) is 0 Å². The molecule has 0 radical (unpaired) electrons. The van der Waals surface area contributed by atoms with E-state index in [1.165, 1.54) is 89.9 Å². The van der Waals surface area contributed by atoms with Crippen LogP contribution in [0, 0.1) is 11.8 Å². The van der Waals surface area contributed by atoms with Gasteiger partial charge in [0.25, 0.3) is 0 Å². The van der Waals surface area contributed by atoms with E-state index >= 15 is 0 Å². The van der Waals surface area contributed by atoms with Crippen molar-refractivity contribution in [2.45, 2.75) is 123 Å². The fourth-order valence-corrected chi connectivity index (χ4v) is 4.56. The summed E-state index contributed by atoms with van der Waals surface area (Å²) < 4.78 is 0. The highest BCUT2D eigenvalue weighted by molar-refractivity contribution is 7.17. The maximum Gasteiger partial charge on any atom is -0.0233 e. The van der Waals surface area contributed by atoms with Crippen molar-refractivity contribution < 1.29 is 0 Å². The van der Waals surface area contributed by atoms with E-state index in [-0.39, 0.29) is 0 Å². The Hall–Kier alpha value is 0.430. The van der Waals surface area contributed by atoms with Crippen molar-refractivity contribution in [3.63, 3.8) is 0 Å². The molecule has 0 nitrogen and oxygen atoms in total. The van der Waals surface area contributed by atoms with Crippen LogP contribution in [0.25, 0.3) is 0 Å². The molecule has 0 fully saturated rings. The fraction of sp³-hybridized carbons (Fsp3) is 1.00. The van der Waals surface area contributed by atoms with Gasteiger partial charge in [-0.25, -0.2) is 0 Å². The van der Waals surface area contributed by atoms with Gasteiger partial charge in [0.05, 0.1) is 0 Å². The summed E-state index contributed by atoms with van der Waals surface area (Å²) >= 11 is 0. The Morgan fingerprint density at radius 2 is 1.14 bits per heavy atom. The molecule has 134 valence electrons. The topological polar surface area (TPSA) is 0 Å². The van der Waals surface area contributed by atoms with E-state index in [2.05, 4.69) is 36.9 Å². The summed E-state index contributed by atoms with van der Waals surface area (Å²) in [6, 6.07) is 0. The molecule has 1 heteroatoms. The van der Waals surface area contributed by atoms with Gasteiger partial charge in [0.1, 0.15) is 0 Å². The minimum Gasteiger partial charge on any atom is -0.134 e. The first kappa shape index (κ1) is 22.4. The minimum absolute atomic E-state index is 0.861. The Balaban J connectivity index is 4.33. The first-order valence-corrected chi connectivity index (χ1v) is 11.1. The molecule has 0 aliphatic rings. The zero-order chi connectivity index (χ0) is 16.6. The van der Waals surface area contributed by atoms with Crippen molar-refractivity contribution in [2.75, 3.05) is 0 Å². The van der Waals surface area contributed by atoms with Crippen molar-refractivity contribution in [3.8, 4) is 0 Å². The third-order valence-electron chi connectivity index (χ3n) is 5.39. The van der Waals surface area contributed by atoms with Gasteiger partial charge in [-0.3, -0.25) is 0 Å². The van der Waals surface area contributed by atoms with Crippen LogP contribution in [0.5, 0.6) is 0 Å². The van der Waals surface area contributed by atoms with Crippen LogP contribution >= 0.6 is 9.24 Å². The zero-order valence-corrected chi connectivity index (χ0v) is 17.4. The van der Waals surface area contributed by atoms with E-state index in [0.29, 0.717) is 0 Å². The number of rotatable bonds is 16. The van der Waals surface area contributed by atoms with Crippen LogP contribution in [0.4, 0.5) is 0 Å². The molecule has 0 saturated heterocycles. The summed E-state index contributed by atoms with van der Waals surface area (Å²) in [5.41, 5.74) is 0.861. The highest BCUT2D eigenvalue weighted by atomic mass is 31.0. The van der Waals surface area contributed by atoms with Gasteiger partial charge in [0, 0.05) is 0 Å². The molecule has 4 atom stereocenters. The summed E-state index contributed by atoms with van der Waals surface area (Å²) in [5.74, 6) is 1.93. The molecule has 0 N–H and O–H groups in total. The summed E-state index contributed by atoms with van der Waals surface area (Å²) in [6.45, 7) is 9.40. The zero-order valence-electron chi connectivity index (χ0n) is 16.2. The average molecular weight is 329 g/mol. The summed E-state index contributed by atoms with van der Waals surface area (Å²) in [7, 11) is 3.24. The number of hydrogen-bond acceptors (Lipinski definition) is 0. The van der Waals surface area contributed by atoms with Gasteiger partial charge < -0.3 is 0 Å². The lowest BCUT2D eigenvalue weighted by atomic mass is 9.79. The Morgan fingerprint density at radius 1 is 0.591 bits per heavy atom. The van der Waals surface area contributed by atoms with E-state index < -0.39 is 0 Å². The fourth-order valence-electron chi connectivity index (χ4n) is 3.81. The van der Waals surface area contributed by atoms with Crippen molar-refractivity contribution in [1.82, 2.24) is 0 Å². The maximum atomic E-state index is 3.24. The third-order valence-corrected chi connectivity index (χ3v) is 6.22. The van der Waals surface area contributed by atoms with Gasteiger partial charge in [0.2, 0.25) is 0 Å². The summed E-state index contributed by atoms with van der Waals surface area (Å²) in [6.07, 6.45) is 19.9. The van der Waals surface area contributed by atoms with Crippen molar-refractivity contribution in [3.05, 3.63) is 0 Å². The van der Waals surface area contributed by atoms with Crippen LogP contribution in [0.1, 0.15) is 118 Å². The van der Waals surface area contributed by atoms with Crippen molar-refractivity contribution >= 4 is 9.24 Å². The quantitative estimate of drug-likeness (QED) is 0.199. The van der Waals surface area contributed by atoms with Crippen molar-refractivity contribution in [2.24, 2.45) is 11.8 Å². The number of unbranched alkanes of at least 4 members (excludes halogenated alkanes) is 7. The molecule has 0 heterocycles. The SMILES string of the molecule is CCCCCCCC(P)C(CCCCC)C(CC)CCCC. The number of hydrogen-bond donors (Lipinski definition) is 0. The van der Waals surface area contributed by atoms with Gasteiger partial charge in [-0.05, 0) is 30.3 Å². The minimum atomic E-state index is 0.861.